The van der Waals surface area contributed by atoms with Crippen molar-refractivity contribution in [1.29, 1.82) is 0 Å². The van der Waals surface area contributed by atoms with Crippen molar-refractivity contribution in [2.45, 2.75) is 26.2 Å². The molecule has 1 heteroatoms. The molecule has 0 radical (unpaired) electrons. The number of hydrogen-bond donors (Lipinski definition) is 1. The molecule has 11 heavy (non-hydrogen) atoms. The van der Waals surface area contributed by atoms with E-state index in [-0.39, 0.29) is 0 Å². The van der Waals surface area contributed by atoms with Gasteiger partial charge in [-0.05, 0) is 50.1 Å². The highest BCUT2D eigenvalue weighted by Crippen LogP contribution is 2.54. The maximum absolute atomic E-state index is 3.31. The zero-order valence-corrected chi connectivity index (χ0v) is 7.64. The summed E-state index contributed by atoms with van der Waals surface area (Å²) >= 11 is 0. The molecular weight excluding hydrogens is 134 g/mol. The highest BCUT2D eigenvalue weighted by molar-refractivity contribution is 4.98. The van der Waals surface area contributed by atoms with Gasteiger partial charge < -0.3 is 5.32 Å². The molecule has 0 spiro atoms. The van der Waals surface area contributed by atoms with E-state index >= 15 is 0 Å². The zero-order chi connectivity index (χ0) is 7.84. The van der Waals surface area contributed by atoms with Gasteiger partial charge in [-0.1, -0.05) is 13.3 Å². The molecule has 2 saturated carbocycles. The van der Waals surface area contributed by atoms with Gasteiger partial charge in [-0.15, -0.1) is 0 Å². The van der Waals surface area contributed by atoms with Gasteiger partial charge >= 0.3 is 0 Å². The summed E-state index contributed by atoms with van der Waals surface area (Å²) in [5, 5.41) is 3.31. The molecular formula is C10H19N. The van der Waals surface area contributed by atoms with Gasteiger partial charge in [-0.25, -0.2) is 0 Å². The molecule has 2 aliphatic carbocycles. The fraction of sp³-hybridized carbons (Fsp3) is 1.00. The van der Waals surface area contributed by atoms with Crippen LogP contribution in [0.5, 0.6) is 0 Å². The molecule has 4 unspecified atom stereocenters. The lowest BCUT2D eigenvalue weighted by Gasteiger charge is -2.47. The van der Waals surface area contributed by atoms with E-state index in [0.717, 1.165) is 23.7 Å². The van der Waals surface area contributed by atoms with Gasteiger partial charge in [-0.3, -0.25) is 0 Å². The van der Waals surface area contributed by atoms with Gasteiger partial charge in [0.2, 0.25) is 0 Å². The van der Waals surface area contributed by atoms with Gasteiger partial charge in [0.1, 0.15) is 0 Å². The minimum Gasteiger partial charge on any atom is -0.319 e. The van der Waals surface area contributed by atoms with Crippen LogP contribution in [0.2, 0.25) is 0 Å². The predicted molar refractivity (Wildman–Crippen MR) is 47.4 cm³/mol. The first-order valence-corrected chi connectivity index (χ1v) is 4.99. The van der Waals surface area contributed by atoms with Crippen LogP contribution in [0.3, 0.4) is 0 Å². The van der Waals surface area contributed by atoms with Crippen molar-refractivity contribution in [1.82, 2.24) is 5.32 Å². The highest BCUT2D eigenvalue weighted by atomic mass is 14.8. The minimum atomic E-state index is 1.01. The SMILES string of the molecule is CNCC1C(C)C2CCCC21. The Labute approximate surface area is 69.6 Å². The van der Waals surface area contributed by atoms with Crippen molar-refractivity contribution in [2.24, 2.45) is 23.7 Å². The second-order valence-electron chi connectivity index (χ2n) is 4.34. The van der Waals surface area contributed by atoms with E-state index in [1.165, 1.54) is 25.8 Å². The average Bonchev–Trinajstić information content (AvgIpc) is 2.44. The van der Waals surface area contributed by atoms with E-state index in [4.69, 9.17) is 0 Å². The summed E-state index contributed by atoms with van der Waals surface area (Å²) in [4.78, 5) is 0. The van der Waals surface area contributed by atoms with Crippen molar-refractivity contribution in [3.63, 3.8) is 0 Å². The summed E-state index contributed by atoms with van der Waals surface area (Å²) in [5.41, 5.74) is 0. The van der Waals surface area contributed by atoms with Crippen LogP contribution in [-0.2, 0) is 0 Å². The van der Waals surface area contributed by atoms with Crippen LogP contribution in [0.25, 0.3) is 0 Å². The number of fused-ring (bicyclic) bond motifs is 1. The molecule has 1 nitrogen and oxygen atoms in total. The van der Waals surface area contributed by atoms with Crippen molar-refractivity contribution in [3.05, 3.63) is 0 Å². The van der Waals surface area contributed by atoms with Crippen molar-refractivity contribution in [3.8, 4) is 0 Å². The van der Waals surface area contributed by atoms with Crippen LogP contribution < -0.4 is 5.32 Å². The number of rotatable bonds is 2. The molecule has 0 aromatic rings. The molecule has 1 N–H and O–H groups in total. The second kappa shape index (κ2) is 2.78. The third-order valence-electron chi connectivity index (χ3n) is 3.97. The minimum absolute atomic E-state index is 1.01. The van der Waals surface area contributed by atoms with E-state index in [1.54, 1.807) is 0 Å². The first-order chi connectivity index (χ1) is 5.34. The van der Waals surface area contributed by atoms with Crippen LogP contribution in [-0.4, -0.2) is 13.6 Å². The van der Waals surface area contributed by atoms with Crippen LogP contribution in [0.4, 0.5) is 0 Å². The lowest BCUT2D eigenvalue weighted by molar-refractivity contribution is 0.0178. The molecule has 0 aromatic carbocycles. The third-order valence-corrected chi connectivity index (χ3v) is 3.97. The van der Waals surface area contributed by atoms with Gasteiger partial charge in [0, 0.05) is 0 Å². The van der Waals surface area contributed by atoms with E-state index in [0.29, 0.717) is 0 Å². The summed E-state index contributed by atoms with van der Waals surface area (Å²) in [7, 11) is 2.08. The Morgan fingerprint density at radius 1 is 1.27 bits per heavy atom. The lowest BCUT2D eigenvalue weighted by Crippen LogP contribution is -2.46. The maximum atomic E-state index is 3.31. The van der Waals surface area contributed by atoms with Crippen molar-refractivity contribution >= 4 is 0 Å². The van der Waals surface area contributed by atoms with Crippen LogP contribution in [0.1, 0.15) is 26.2 Å². The Balaban J connectivity index is 1.92. The Kier molecular flexibility index (Phi) is 1.92. The Morgan fingerprint density at radius 2 is 2.00 bits per heavy atom. The fourth-order valence-electron chi connectivity index (χ4n) is 3.34. The largest absolute Gasteiger partial charge is 0.319 e. The summed E-state index contributed by atoms with van der Waals surface area (Å²) in [6.45, 7) is 3.69. The standard InChI is InChI=1S/C10H19N/c1-7-8-4-3-5-9(8)10(7)6-11-2/h7-11H,3-6H2,1-2H3. The molecule has 64 valence electrons. The molecule has 0 saturated heterocycles. The van der Waals surface area contributed by atoms with Crippen molar-refractivity contribution in [2.75, 3.05) is 13.6 Å². The lowest BCUT2D eigenvalue weighted by atomic mass is 9.59. The first kappa shape index (κ1) is 7.60. The summed E-state index contributed by atoms with van der Waals surface area (Å²) in [6, 6.07) is 0. The number of hydrogen-bond acceptors (Lipinski definition) is 1. The molecule has 0 aliphatic heterocycles. The normalized spacial score (nSPS) is 48.5. The molecule has 0 amide bonds. The topological polar surface area (TPSA) is 12.0 Å². The average molecular weight is 153 g/mol. The molecule has 0 bridgehead atoms. The quantitative estimate of drug-likeness (QED) is 0.639. The Bertz CT molecular complexity index is 144. The van der Waals surface area contributed by atoms with E-state index < -0.39 is 0 Å². The second-order valence-corrected chi connectivity index (χ2v) is 4.34. The zero-order valence-electron chi connectivity index (χ0n) is 7.64. The maximum Gasteiger partial charge on any atom is -0.00181 e. The van der Waals surface area contributed by atoms with E-state index in [9.17, 15) is 0 Å². The van der Waals surface area contributed by atoms with Gasteiger partial charge in [0.15, 0.2) is 0 Å². The van der Waals surface area contributed by atoms with Crippen LogP contribution in [0, 0.1) is 23.7 Å². The van der Waals surface area contributed by atoms with E-state index in [1.807, 2.05) is 0 Å². The summed E-state index contributed by atoms with van der Waals surface area (Å²) < 4.78 is 0. The molecule has 4 atom stereocenters. The van der Waals surface area contributed by atoms with Gasteiger partial charge in [0.05, 0.1) is 0 Å². The van der Waals surface area contributed by atoms with E-state index in [2.05, 4.69) is 19.3 Å². The summed E-state index contributed by atoms with van der Waals surface area (Å²) in [5.74, 6) is 4.22. The first-order valence-electron chi connectivity index (χ1n) is 4.99. The van der Waals surface area contributed by atoms with Crippen LogP contribution in [0.15, 0.2) is 0 Å². The molecule has 2 aliphatic rings. The number of nitrogens with one attached hydrogen (secondary N) is 1. The smallest absolute Gasteiger partial charge is 0.00181 e. The van der Waals surface area contributed by atoms with Crippen molar-refractivity contribution < 1.29 is 0 Å². The molecule has 2 fully saturated rings. The third kappa shape index (κ3) is 1.01. The van der Waals surface area contributed by atoms with Gasteiger partial charge in [-0.2, -0.15) is 0 Å². The molecule has 2 rings (SSSR count). The fourth-order valence-corrected chi connectivity index (χ4v) is 3.34. The summed E-state index contributed by atoms with van der Waals surface area (Å²) in [6.07, 6.45) is 4.54. The highest BCUT2D eigenvalue weighted by Gasteiger charge is 2.48. The Hall–Kier alpha value is -0.0400. The molecule has 0 aromatic heterocycles. The monoisotopic (exact) mass is 153 g/mol. The van der Waals surface area contributed by atoms with Gasteiger partial charge in [0.25, 0.3) is 0 Å². The molecule has 0 heterocycles. The van der Waals surface area contributed by atoms with Crippen LogP contribution >= 0.6 is 0 Å². The Morgan fingerprint density at radius 3 is 2.73 bits per heavy atom. The predicted octanol–water partition coefficient (Wildman–Crippen LogP) is 1.89.